The number of carboxylic acid groups (broad SMARTS) is 1. The van der Waals surface area contributed by atoms with Gasteiger partial charge in [-0.05, 0) is 42.2 Å². The number of rotatable bonds is 6. The lowest BCUT2D eigenvalue weighted by Gasteiger charge is -2.44. The van der Waals surface area contributed by atoms with E-state index in [9.17, 15) is 9.90 Å². The smallest absolute Gasteiger partial charge is 0.345 e. The van der Waals surface area contributed by atoms with Gasteiger partial charge in [-0.3, -0.25) is 4.90 Å². The molecule has 1 aromatic carbocycles. The van der Waals surface area contributed by atoms with Gasteiger partial charge >= 0.3 is 5.97 Å². The summed E-state index contributed by atoms with van der Waals surface area (Å²) in [6, 6.07) is 9.82. The van der Waals surface area contributed by atoms with Gasteiger partial charge in [0.05, 0.1) is 18.8 Å². The summed E-state index contributed by atoms with van der Waals surface area (Å²) < 4.78 is 11.7. The normalized spacial score (nSPS) is 18.8. The lowest BCUT2D eigenvalue weighted by molar-refractivity contribution is -0.0980. The highest BCUT2D eigenvalue weighted by Gasteiger charge is 2.42. The maximum atomic E-state index is 11.4. The number of carboxylic acids is 1. The fourth-order valence-corrected chi connectivity index (χ4v) is 5.23. The number of likely N-dealkylation sites (tertiary alicyclic amines) is 1. The fourth-order valence-electron chi connectivity index (χ4n) is 4.16. The number of ether oxygens (including phenoxy) is 2. The minimum atomic E-state index is -0.852. The number of benzene rings is 1. The summed E-state index contributed by atoms with van der Waals surface area (Å²) in [7, 11) is 0. The molecule has 150 valence electrons. The van der Waals surface area contributed by atoms with E-state index in [2.05, 4.69) is 11.0 Å². The molecule has 0 atom stereocenters. The second-order valence-corrected chi connectivity index (χ2v) is 8.48. The molecule has 1 fully saturated rings. The zero-order valence-corrected chi connectivity index (χ0v) is 16.5. The van der Waals surface area contributed by atoms with Crippen molar-refractivity contribution in [2.24, 2.45) is 0 Å². The molecule has 0 radical (unpaired) electrons. The molecule has 1 saturated heterocycles. The summed E-state index contributed by atoms with van der Waals surface area (Å²) in [5, 5.41) is 18.2. The van der Waals surface area contributed by atoms with Crippen LogP contribution in [-0.2, 0) is 23.3 Å². The maximum absolute atomic E-state index is 11.4. The van der Waals surface area contributed by atoms with Crippen molar-refractivity contribution in [1.82, 2.24) is 4.90 Å². The molecule has 2 aromatic rings. The number of fused-ring (bicyclic) bond motifs is 2. The molecule has 2 N–H and O–H groups in total. The molecular weight excluding hydrogens is 378 g/mol. The SMILES string of the molecule is O=C(O)c1cc2c(s1)CCOC21CCN(Cc2cccc(OCCO)c2)CC1. The van der Waals surface area contributed by atoms with Gasteiger partial charge in [-0.15, -0.1) is 11.3 Å². The van der Waals surface area contributed by atoms with Crippen LogP contribution in [0.25, 0.3) is 0 Å². The number of piperidine rings is 1. The second-order valence-electron chi connectivity index (χ2n) is 7.34. The summed E-state index contributed by atoms with van der Waals surface area (Å²) in [6.45, 7) is 3.61. The first kappa shape index (κ1) is 19.4. The third-order valence-corrected chi connectivity index (χ3v) is 6.73. The molecule has 2 aliphatic heterocycles. The van der Waals surface area contributed by atoms with E-state index < -0.39 is 5.97 Å². The second kappa shape index (κ2) is 8.21. The van der Waals surface area contributed by atoms with Gasteiger partial charge in [-0.2, -0.15) is 0 Å². The molecule has 28 heavy (non-hydrogen) atoms. The number of aliphatic hydroxyl groups is 1. The lowest BCUT2D eigenvalue weighted by Crippen LogP contribution is -2.45. The Morgan fingerprint density at radius 3 is 2.86 bits per heavy atom. The number of nitrogens with zero attached hydrogens (tertiary/aromatic N) is 1. The Hall–Kier alpha value is -1.93. The Balaban J connectivity index is 1.42. The Morgan fingerprint density at radius 2 is 2.11 bits per heavy atom. The Kier molecular flexibility index (Phi) is 5.68. The van der Waals surface area contributed by atoms with Crippen LogP contribution in [0.4, 0.5) is 0 Å². The quantitative estimate of drug-likeness (QED) is 0.772. The van der Waals surface area contributed by atoms with E-state index >= 15 is 0 Å². The van der Waals surface area contributed by atoms with Crippen LogP contribution in [0.5, 0.6) is 5.75 Å². The van der Waals surface area contributed by atoms with Crippen molar-refractivity contribution in [2.45, 2.75) is 31.4 Å². The highest BCUT2D eigenvalue weighted by atomic mass is 32.1. The van der Waals surface area contributed by atoms with Gasteiger partial charge in [0, 0.05) is 30.9 Å². The summed E-state index contributed by atoms with van der Waals surface area (Å²) in [4.78, 5) is 15.4. The van der Waals surface area contributed by atoms with Crippen molar-refractivity contribution in [3.63, 3.8) is 0 Å². The third kappa shape index (κ3) is 3.93. The van der Waals surface area contributed by atoms with Gasteiger partial charge in [0.25, 0.3) is 0 Å². The number of hydrogen-bond acceptors (Lipinski definition) is 6. The third-order valence-electron chi connectivity index (χ3n) is 5.55. The van der Waals surface area contributed by atoms with Gasteiger partial charge in [0.15, 0.2) is 0 Å². The van der Waals surface area contributed by atoms with Crippen LogP contribution in [0.15, 0.2) is 30.3 Å². The summed E-state index contributed by atoms with van der Waals surface area (Å²) >= 11 is 1.40. The lowest BCUT2D eigenvalue weighted by atomic mass is 9.82. The zero-order valence-electron chi connectivity index (χ0n) is 15.7. The van der Waals surface area contributed by atoms with Crippen LogP contribution in [0, 0.1) is 0 Å². The van der Waals surface area contributed by atoms with Crippen LogP contribution >= 0.6 is 11.3 Å². The number of thiophene rings is 1. The Morgan fingerprint density at radius 1 is 1.29 bits per heavy atom. The molecule has 0 unspecified atom stereocenters. The minimum absolute atomic E-state index is 0.00655. The molecule has 1 aromatic heterocycles. The molecule has 0 amide bonds. The molecule has 6 nitrogen and oxygen atoms in total. The highest BCUT2D eigenvalue weighted by molar-refractivity contribution is 7.14. The van der Waals surface area contributed by atoms with E-state index in [1.807, 2.05) is 24.3 Å². The first-order valence-corrected chi connectivity index (χ1v) is 10.5. The molecule has 7 heteroatoms. The standard InChI is InChI=1S/C21H25NO5S/c23-9-11-26-16-3-1-2-15(12-16)14-22-7-5-21(6-8-22)17-13-19(20(24)25)28-18(17)4-10-27-21/h1-3,12-13,23H,4-11,14H2,(H,24,25). The predicted molar refractivity (Wildman–Crippen MR) is 106 cm³/mol. The van der Waals surface area contributed by atoms with E-state index in [0.29, 0.717) is 18.1 Å². The summed E-state index contributed by atoms with van der Waals surface area (Å²) in [6.07, 6.45) is 2.55. The van der Waals surface area contributed by atoms with Crippen molar-refractivity contribution in [1.29, 1.82) is 0 Å². The van der Waals surface area contributed by atoms with Crippen LogP contribution in [0.2, 0.25) is 0 Å². The van der Waals surface area contributed by atoms with Gasteiger partial charge in [-0.25, -0.2) is 4.79 Å². The predicted octanol–water partition coefficient (Wildman–Crippen LogP) is 2.88. The number of hydrogen-bond donors (Lipinski definition) is 2. The number of aliphatic hydroxyl groups excluding tert-OH is 1. The molecular formula is C21H25NO5S. The minimum Gasteiger partial charge on any atom is -0.491 e. The topological polar surface area (TPSA) is 79.2 Å². The van der Waals surface area contributed by atoms with Gasteiger partial charge in [0.1, 0.15) is 17.2 Å². The monoisotopic (exact) mass is 403 g/mol. The van der Waals surface area contributed by atoms with E-state index in [1.54, 1.807) is 0 Å². The first-order valence-electron chi connectivity index (χ1n) is 9.65. The van der Waals surface area contributed by atoms with Crippen molar-refractivity contribution < 1.29 is 24.5 Å². The van der Waals surface area contributed by atoms with Crippen LogP contribution in [0.1, 0.15) is 38.5 Å². The Labute approximate surface area is 168 Å². The summed E-state index contributed by atoms with van der Waals surface area (Å²) in [5.74, 6) is -0.0740. The van der Waals surface area contributed by atoms with Crippen molar-refractivity contribution >= 4 is 17.3 Å². The van der Waals surface area contributed by atoms with E-state index in [-0.39, 0.29) is 12.2 Å². The zero-order chi connectivity index (χ0) is 19.6. The van der Waals surface area contributed by atoms with E-state index in [4.69, 9.17) is 14.6 Å². The van der Waals surface area contributed by atoms with Crippen molar-refractivity contribution in [2.75, 3.05) is 32.9 Å². The average molecular weight is 404 g/mol. The number of carbonyl (C=O) groups is 1. The van der Waals surface area contributed by atoms with Gasteiger partial charge < -0.3 is 19.7 Å². The molecule has 1 spiro atoms. The molecule has 0 bridgehead atoms. The molecule has 2 aliphatic rings. The van der Waals surface area contributed by atoms with Gasteiger partial charge in [-0.1, -0.05) is 12.1 Å². The highest BCUT2D eigenvalue weighted by Crippen LogP contribution is 2.44. The van der Waals surface area contributed by atoms with Crippen molar-refractivity contribution in [3.05, 3.63) is 51.2 Å². The molecule has 4 rings (SSSR count). The summed E-state index contributed by atoms with van der Waals surface area (Å²) in [5.41, 5.74) is 1.95. The maximum Gasteiger partial charge on any atom is 0.345 e. The van der Waals surface area contributed by atoms with E-state index in [0.717, 1.165) is 50.2 Å². The van der Waals surface area contributed by atoms with Crippen LogP contribution in [-0.4, -0.2) is 54.0 Å². The first-order chi connectivity index (χ1) is 13.6. The van der Waals surface area contributed by atoms with Crippen molar-refractivity contribution in [3.8, 4) is 5.75 Å². The van der Waals surface area contributed by atoms with E-state index in [1.165, 1.54) is 21.8 Å². The van der Waals surface area contributed by atoms with Crippen LogP contribution in [0.3, 0.4) is 0 Å². The molecule has 3 heterocycles. The Bertz CT molecular complexity index is 841. The molecule has 0 aliphatic carbocycles. The number of aromatic carboxylic acids is 1. The molecule has 0 saturated carbocycles. The fraction of sp³-hybridized carbons (Fsp3) is 0.476. The van der Waals surface area contributed by atoms with Gasteiger partial charge in [0.2, 0.25) is 0 Å². The van der Waals surface area contributed by atoms with Crippen LogP contribution < -0.4 is 4.74 Å². The largest absolute Gasteiger partial charge is 0.491 e. The average Bonchev–Trinajstić information content (AvgIpc) is 3.15.